The van der Waals surface area contributed by atoms with Crippen molar-refractivity contribution in [1.29, 1.82) is 0 Å². The van der Waals surface area contributed by atoms with Gasteiger partial charge in [-0.1, -0.05) is 24.3 Å². The molecule has 0 atom stereocenters. The SMILES string of the molecule is O=[N+]([O-])c1ccc(N/N=C2/CCc3ccccc3C2)c([N+](=O)[O-])c1. The Morgan fingerprint density at radius 2 is 1.71 bits per heavy atom. The lowest BCUT2D eigenvalue weighted by molar-refractivity contribution is -0.393. The molecule has 0 unspecified atom stereocenters. The van der Waals surface area contributed by atoms with Gasteiger partial charge in [0.25, 0.3) is 5.69 Å². The van der Waals surface area contributed by atoms with E-state index >= 15 is 0 Å². The van der Waals surface area contributed by atoms with E-state index in [0.29, 0.717) is 6.42 Å². The Morgan fingerprint density at radius 3 is 2.42 bits per heavy atom. The molecule has 2 aromatic carbocycles. The van der Waals surface area contributed by atoms with Gasteiger partial charge >= 0.3 is 5.69 Å². The van der Waals surface area contributed by atoms with Gasteiger partial charge in [-0.15, -0.1) is 0 Å². The van der Waals surface area contributed by atoms with Crippen LogP contribution in [-0.4, -0.2) is 15.6 Å². The molecule has 1 N–H and O–H groups in total. The Labute approximate surface area is 137 Å². The third-order valence-electron chi connectivity index (χ3n) is 3.92. The van der Waals surface area contributed by atoms with Crippen molar-refractivity contribution in [3.05, 3.63) is 73.8 Å². The van der Waals surface area contributed by atoms with Gasteiger partial charge in [0.05, 0.1) is 15.9 Å². The molecule has 0 aliphatic heterocycles. The van der Waals surface area contributed by atoms with Gasteiger partial charge in [-0.25, -0.2) is 0 Å². The zero-order valence-corrected chi connectivity index (χ0v) is 12.6. The van der Waals surface area contributed by atoms with Gasteiger partial charge in [-0.3, -0.25) is 25.7 Å². The van der Waals surface area contributed by atoms with Crippen molar-refractivity contribution >= 4 is 22.8 Å². The molecule has 2 aromatic rings. The normalized spacial score (nSPS) is 14.9. The topological polar surface area (TPSA) is 111 Å². The summed E-state index contributed by atoms with van der Waals surface area (Å²) in [4.78, 5) is 20.5. The summed E-state index contributed by atoms with van der Waals surface area (Å²) in [6.45, 7) is 0. The summed E-state index contributed by atoms with van der Waals surface area (Å²) in [6.07, 6.45) is 2.33. The molecule has 0 heterocycles. The molecule has 1 aliphatic carbocycles. The van der Waals surface area contributed by atoms with Crippen molar-refractivity contribution in [3.63, 3.8) is 0 Å². The van der Waals surface area contributed by atoms with Crippen LogP contribution in [0.2, 0.25) is 0 Å². The third-order valence-corrected chi connectivity index (χ3v) is 3.92. The molecule has 1 aliphatic rings. The molecular formula is C16H14N4O4. The molecule has 122 valence electrons. The zero-order valence-electron chi connectivity index (χ0n) is 12.6. The van der Waals surface area contributed by atoms with Crippen LogP contribution in [0.3, 0.4) is 0 Å². The number of hydrazone groups is 1. The quantitative estimate of drug-likeness (QED) is 0.683. The summed E-state index contributed by atoms with van der Waals surface area (Å²) in [5, 5.41) is 26.1. The lowest BCUT2D eigenvalue weighted by Crippen LogP contribution is -2.15. The molecular weight excluding hydrogens is 312 g/mol. The molecule has 0 fully saturated rings. The number of aryl methyl sites for hydroxylation is 1. The van der Waals surface area contributed by atoms with Crippen LogP contribution in [0.5, 0.6) is 0 Å². The van der Waals surface area contributed by atoms with Gasteiger partial charge in [0, 0.05) is 18.2 Å². The highest BCUT2D eigenvalue weighted by Gasteiger charge is 2.20. The third kappa shape index (κ3) is 3.22. The number of benzene rings is 2. The van der Waals surface area contributed by atoms with Crippen molar-refractivity contribution in [2.24, 2.45) is 5.10 Å². The minimum atomic E-state index is -0.666. The van der Waals surface area contributed by atoms with Gasteiger partial charge in [-0.05, 0) is 30.0 Å². The Morgan fingerprint density at radius 1 is 0.958 bits per heavy atom. The van der Waals surface area contributed by atoms with E-state index in [1.807, 2.05) is 18.2 Å². The maximum atomic E-state index is 11.1. The van der Waals surface area contributed by atoms with Gasteiger partial charge < -0.3 is 0 Å². The number of nitro groups is 2. The first-order valence-corrected chi connectivity index (χ1v) is 7.35. The van der Waals surface area contributed by atoms with Crippen LogP contribution in [0.25, 0.3) is 0 Å². The lowest BCUT2D eigenvalue weighted by Gasteiger charge is -2.17. The first-order chi connectivity index (χ1) is 11.5. The average molecular weight is 326 g/mol. The highest BCUT2D eigenvalue weighted by atomic mass is 16.6. The summed E-state index contributed by atoms with van der Waals surface area (Å²) in [5.41, 5.74) is 5.50. The number of nitrogens with zero attached hydrogens (tertiary/aromatic N) is 3. The predicted octanol–water partition coefficient (Wildman–Crippen LogP) is 3.46. The fraction of sp³-hybridized carbons (Fsp3) is 0.188. The number of anilines is 1. The molecule has 8 heteroatoms. The molecule has 0 aromatic heterocycles. The van der Waals surface area contributed by atoms with E-state index in [1.54, 1.807) is 0 Å². The van der Waals surface area contributed by atoms with Crippen molar-refractivity contribution in [3.8, 4) is 0 Å². The Hall–Kier alpha value is -3.29. The monoisotopic (exact) mass is 326 g/mol. The van der Waals surface area contributed by atoms with E-state index in [1.165, 1.54) is 23.3 Å². The summed E-state index contributed by atoms with van der Waals surface area (Å²) in [7, 11) is 0. The van der Waals surface area contributed by atoms with Crippen LogP contribution in [0.4, 0.5) is 17.1 Å². The van der Waals surface area contributed by atoms with Crippen molar-refractivity contribution < 1.29 is 9.85 Å². The van der Waals surface area contributed by atoms with Crippen LogP contribution in [0.1, 0.15) is 17.5 Å². The molecule has 24 heavy (non-hydrogen) atoms. The molecule has 0 radical (unpaired) electrons. The molecule has 8 nitrogen and oxygen atoms in total. The molecule has 0 saturated heterocycles. The van der Waals surface area contributed by atoms with Crippen LogP contribution in [0.15, 0.2) is 47.6 Å². The maximum Gasteiger partial charge on any atom is 0.301 e. The number of fused-ring (bicyclic) bond motifs is 1. The number of nitro benzene ring substituents is 2. The van der Waals surface area contributed by atoms with E-state index in [4.69, 9.17) is 0 Å². The van der Waals surface area contributed by atoms with Crippen molar-refractivity contribution in [1.82, 2.24) is 0 Å². The van der Waals surface area contributed by atoms with Gasteiger partial charge in [0.2, 0.25) is 0 Å². The lowest BCUT2D eigenvalue weighted by atomic mass is 9.90. The smallest absolute Gasteiger partial charge is 0.272 e. The van der Waals surface area contributed by atoms with Gasteiger partial charge in [-0.2, -0.15) is 5.10 Å². The Kier molecular flexibility index (Phi) is 4.19. The van der Waals surface area contributed by atoms with E-state index < -0.39 is 9.85 Å². The summed E-state index contributed by atoms with van der Waals surface area (Å²) in [5.74, 6) is 0. The summed E-state index contributed by atoms with van der Waals surface area (Å²) < 4.78 is 0. The number of rotatable bonds is 4. The van der Waals surface area contributed by atoms with Crippen LogP contribution >= 0.6 is 0 Å². The van der Waals surface area contributed by atoms with E-state index in [9.17, 15) is 20.2 Å². The Bertz CT molecular complexity index is 848. The van der Waals surface area contributed by atoms with E-state index in [-0.39, 0.29) is 17.1 Å². The first-order valence-electron chi connectivity index (χ1n) is 7.35. The van der Waals surface area contributed by atoms with Crippen molar-refractivity contribution in [2.75, 3.05) is 5.43 Å². The highest BCUT2D eigenvalue weighted by molar-refractivity contribution is 5.89. The number of non-ortho nitro benzene ring substituents is 1. The summed E-state index contributed by atoms with van der Waals surface area (Å²) >= 11 is 0. The average Bonchev–Trinajstić information content (AvgIpc) is 2.59. The Balaban J connectivity index is 1.82. The number of hydrogen-bond acceptors (Lipinski definition) is 6. The molecule has 0 spiro atoms. The second-order valence-corrected chi connectivity index (χ2v) is 5.45. The fourth-order valence-electron chi connectivity index (χ4n) is 2.67. The number of nitrogens with one attached hydrogen (secondary N) is 1. The molecule has 0 amide bonds. The van der Waals surface area contributed by atoms with Crippen molar-refractivity contribution in [2.45, 2.75) is 19.3 Å². The highest BCUT2D eigenvalue weighted by Crippen LogP contribution is 2.29. The minimum Gasteiger partial charge on any atom is -0.272 e. The van der Waals surface area contributed by atoms with E-state index in [2.05, 4.69) is 16.6 Å². The first kappa shape index (κ1) is 15.6. The largest absolute Gasteiger partial charge is 0.301 e. The maximum absolute atomic E-state index is 11.1. The standard InChI is InChI=1S/C16H14N4O4/c21-19(22)14-7-8-15(16(10-14)20(23)24)18-17-13-6-5-11-3-1-2-4-12(11)9-13/h1-4,7-8,10,18H,5-6,9H2/b17-13-. The number of hydrogen-bond donors (Lipinski definition) is 1. The second-order valence-electron chi connectivity index (χ2n) is 5.45. The van der Waals surface area contributed by atoms with Crippen LogP contribution < -0.4 is 5.43 Å². The van der Waals surface area contributed by atoms with Gasteiger partial charge in [0.15, 0.2) is 0 Å². The minimum absolute atomic E-state index is 0.136. The van der Waals surface area contributed by atoms with E-state index in [0.717, 1.165) is 24.6 Å². The van der Waals surface area contributed by atoms with Gasteiger partial charge in [0.1, 0.15) is 5.69 Å². The fourth-order valence-corrected chi connectivity index (χ4v) is 2.67. The second kappa shape index (κ2) is 6.45. The molecule has 0 bridgehead atoms. The molecule has 3 rings (SSSR count). The molecule has 0 saturated carbocycles. The van der Waals surface area contributed by atoms with Crippen LogP contribution in [0, 0.1) is 20.2 Å². The van der Waals surface area contributed by atoms with Crippen LogP contribution in [-0.2, 0) is 12.8 Å². The predicted molar refractivity (Wildman–Crippen MR) is 89.3 cm³/mol. The summed E-state index contributed by atoms with van der Waals surface area (Å²) in [6, 6.07) is 11.5. The zero-order chi connectivity index (χ0) is 17.1.